The number of piperidine rings is 1. The normalized spacial score (nSPS) is 32.8. The third-order valence-electron chi connectivity index (χ3n) is 6.54. The van der Waals surface area contributed by atoms with E-state index in [1.165, 1.54) is 0 Å². The summed E-state index contributed by atoms with van der Waals surface area (Å²) in [5.41, 5.74) is 5.53. The van der Waals surface area contributed by atoms with Crippen molar-refractivity contribution in [2.24, 2.45) is 23.0 Å². The van der Waals surface area contributed by atoms with Gasteiger partial charge in [-0.15, -0.1) is 0 Å². The number of amides is 1. The number of carbonyl (C=O) groups is 1. The lowest BCUT2D eigenvalue weighted by Gasteiger charge is -2.35. The highest BCUT2D eigenvalue weighted by molar-refractivity contribution is 5.87. The van der Waals surface area contributed by atoms with Crippen molar-refractivity contribution >= 4 is 5.91 Å². The van der Waals surface area contributed by atoms with Gasteiger partial charge in [0.25, 0.3) is 5.91 Å². The Hall–Kier alpha value is -1.43. The summed E-state index contributed by atoms with van der Waals surface area (Å²) in [4.78, 5) is 13.1. The minimum atomic E-state index is -1.48. The molecule has 130 valence electrons. The number of nitrogens with one attached hydrogen (secondary N) is 2. The van der Waals surface area contributed by atoms with Crippen molar-refractivity contribution in [3.8, 4) is 0 Å². The Bertz CT molecular complexity index is 616. The SMILES string of the molecule is NC(NC(=O)C(O)(c1ccccc1)C1CCCC1)C12CNCC1C2. The van der Waals surface area contributed by atoms with Crippen LogP contribution in [0.1, 0.15) is 37.7 Å². The minimum absolute atomic E-state index is 0.0110. The van der Waals surface area contributed by atoms with E-state index in [1.54, 1.807) is 0 Å². The summed E-state index contributed by atoms with van der Waals surface area (Å²) in [7, 11) is 0. The fourth-order valence-corrected chi connectivity index (χ4v) is 4.84. The first-order valence-electron chi connectivity index (χ1n) is 9.12. The van der Waals surface area contributed by atoms with Crippen LogP contribution < -0.4 is 16.4 Å². The van der Waals surface area contributed by atoms with E-state index in [1.807, 2.05) is 30.3 Å². The van der Waals surface area contributed by atoms with Crippen molar-refractivity contribution in [1.82, 2.24) is 10.6 Å². The van der Waals surface area contributed by atoms with Crippen molar-refractivity contribution in [1.29, 1.82) is 0 Å². The zero-order valence-electron chi connectivity index (χ0n) is 14.0. The van der Waals surface area contributed by atoms with Gasteiger partial charge in [-0.2, -0.15) is 0 Å². The summed E-state index contributed by atoms with van der Waals surface area (Å²) in [6.07, 6.45) is 4.55. The lowest BCUT2D eigenvalue weighted by molar-refractivity contribution is -0.148. The molecule has 4 atom stereocenters. The van der Waals surface area contributed by atoms with Gasteiger partial charge in [0.05, 0.1) is 6.17 Å². The maximum atomic E-state index is 13.1. The van der Waals surface area contributed by atoms with E-state index >= 15 is 0 Å². The van der Waals surface area contributed by atoms with E-state index in [2.05, 4.69) is 10.6 Å². The van der Waals surface area contributed by atoms with Crippen LogP contribution in [-0.2, 0) is 10.4 Å². The van der Waals surface area contributed by atoms with E-state index < -0.39 is 11.8 Å². The number of nitrogens with two attached hydrogens (primary N) is 1. The lowest BCUT2D eigenvalue weighted by Crippen LogP contribution is -2.57. The zero-order valence-corrected chi connectivity index (χ0v) is 14.0. The van der Waals surface area contributed by atoms with E-state index in [9.17, 15) is 9.90 Å². The molecule has 3 aliphatic rings. The number of benzene rings is 1. The van der Waals surface area contributed by atoms with E-state index in [4.69, 9.17) is 5.73 Å². The lowest BCUT2D eigenvalue weighted by atomic mass is 9.79. The predicted octanol–water partition coefficient (Wildman–Crippen LogP) is 1.07. The van der Waals surface area contributed by atoms with Crippen LogP contribution in [0, 0.1) is 17.3 Å². The molecule has 5 nitrogen and oxygen atoms in total. The maximum Gasteiger partial charge on any atom is 0.258 e. The third-order valence-corrected chi connectivity index (χ3v) is 6.54. The van der Waals surface area contributed by atoms with Gasteiger partial charge in [0.2, 0.25) is 0 Å². The fourth-order valence-electron chi connectivity index (χ4n) is 4.84. The van der Waals surface area contributed by atoms with Crippen LogP contribution in [0.4, 0.5) is 0 Å². The quantitative estimate of drug-likeness (QED) is 0.609. The van der Waals surface area contributed by atoms with E-state index in [0.717, 1.165) is 45.2 Å². The first-order chi connectivity index (χ1) is 11.6. The van der Waals surface area contributed by atoms with Gasteiger partial charge in [-0.25, -0.2) is 0 Å². The molecule has 0 aromatic heterocycles. The van der Waals surface area contributed by atoms with Gasteiger partial charge >= 0.3 is 0 Å². The monoisotopic (exact) mass is 329 g/mol. The average Bonchev–Trinajstić information content (AvgIpc) is 2.99. The van der Waals surface area contributed by atoms with Crippen LogP contribution in [0.25, 0.3) is 0 Å². The molecule has 24 heavy (non-hydrogen) atoms. The summed E-state index contributed by atoms with van der Waals surface area (Å²) in [6.45, 7) is 1.83. The number of aliphatic hydroxyl groups is 1. The molecule has 1 aromatic rings. The first kappa shape index (κ1) is 16.1. The molecule has 1 aromatic carbocycles. The smallest absolute Gasteiger partial charge is 0.258 e. The van der Waals surface area contributed by atoms with Gasteiger partial charge in [-0.3, -0.25) is 4.79 Å². The fraction of sp³-hybridized carbons (Fsp3) is 0.632. The molecular weight excluding hydrogens is 302 g/mol. The van der Waals surface area contributed by atoms with Crippen molar-refractivity contribution in [2.45, 2.75) is 43.9 Å². The summed E-state index contributed by atoms with van der Waals surface area (Å²) in [6, 6.07) is 9.34. The highest BCUT2D eigenvalue weighted by Gasteiger charge is 2.61. The number of hydrogen-bond donors (Lipinski definition) is 4. The zero-order chi connectivity index (χ0) is 16.8. The summed E-state index contributed by atoms with van der Waals surface area (Å²) < 4.78 is 0. The number of carbonyl (C=O) groups excluding carboxylic acids is 1. The Morgan fingerprint density at radius 1 is 1.33 bits per heavy atom. The van der Waals surface area contributed by atoms with Crippen LogP contribution in [0.3, 0.4) is 0 Å². The number of rotatable bonds is 5. The molecule has 4 rings (SSSR count). The highest BCUT2D eigenvalue weighted by atomic mass is 16.3. The highest BCUT2D eigenvalue weighted by Crippen LogP contribution is 2.56. The first-order valence-corrected chi connectivity index (χ1v) is 9.12. The van der Waals surface area contributed by atoms with Gasteiger partial charge < -0.3 is 21.5 Å². The molecule has 0 radical (unpaired) electrons. The minimum Gasteiger partial charge on any atom is -0.375 e. The van der Waals surface area contributed by atoms with E-state index in [0.29, 0.717) is 11.5 Å². The molecule has 0 spiro atoms. The van der Waals surface area contributed by atoms with Crippen LogP contribution in [0.15, 0.2) is 30.3 Å². The Morgan fingerprint density at radius 2 is 2.04 bits per heavy atom. The van der Waals surface area contributed by atoms with Crippen molar-refractivity contribution < 1.29 is 9.90 Å². The molecule has 2 saturated carbocycles. The van der Waals surface area contributed by atoms with Gasteiger partial charge in [0.1, 0.15) is 0 Å². The van der Waals surface area contributed by atoms with Crippen LogP contribution in [-0.4, -0.2) is 30.3 Å². The van der Waals surface area contributed by atoms with Crippen LogP contribution in [0.5, 0.6) is 0 Å². The standard InChI is InChI=1S/C19H27N3O2/c20-16(18-10-15(18)11-21-12-18)22-17(23)19(24,14-8-4-5-9-14)13-6-2-1-3-7-13/h1-3,6-7,14-16,21,24H,4-5,8-12,20H2,(H,22,23). The molecule has 5 heteroatoms. The van der Waals surface area contributed by atoms with Crippen LogP contribution >= 0.6 is 0 Å². The Balaban J connectivity index is 1.57. The second-order valence-corrected chi connectivity index (χ2v) is 7.83. The molecule has 1 heterocycles. The Labute approximate surface area is 143 Å². The number of fused-ring (bicyclic) bond motifs is 1. The molecule has 1 amide bonds. The molecule has 5 N–H and O–H groups in total. The van der Waals surface area contributed by atoms with Crippen molar-refractivity contribution in [3.05, 3.63) is 35.9 Å². The Morgan fingerprint density at radius 3 is 2.62 bits per heavy atom. The molecule has 1 saturated heterocycles. The van der Waals surface area contributed by atoms with E-state index in [-0.39, 0.29) is 17.2 Å². The topological polar surface area (TPSA) is 87.4 Å². The molecule has 0 bridgehead atoms. The second-order valence-electron chi connectivity index (χ2n) is 7.83. The summed E-state index contributed by atoms with van der Waals surface area (Å²) >= 11 is 0. The van der Waals surface area contributed by atoms with Gasteiger partial charge in [-0.1, -0.05) is 43.2 Å². The van der Waals surface area contributed by atoms with Crippen molar-refractivity contribution in [2.75, 3.05) is 13.1 Å². The van der Waals surface area contributed by atoms with Gasteiger partial charge in [-0.05, 0) is 37.3 Å². The molecule has 2 aliphatic carbocycles. The maximum absolute atomic E-state index is 13.1. The average molecular weight is 329 g/mol. The summed E-state index contributed by atoms with van der Waals surface area (Å²) in [5.74, 6) is 0.186. The van der Waals surface area contributed by atoms with Gasteiger partial charge in [0, 0.05) is 17.9 Å². The second kappa shape index (κ2) is 5.83. The molecule has 4 unspecified atom stereocenters. The third kappa shape index (κ3) is 2.38. The Kier molecular flexibility index (Phi) is 3.90. The molecular formula is C19H27N3O2. The number of hydrogen-bond acceptors (Lipinski definition) is 4. The van der Waals surface area contributed by atoms with Gasteiger partial charge in [0.15, 0.2) is 5.60 Å². The largest absolute Gasteiger partial charge is 0.375 e. The summed E-state index contributed by atoms with van der Waals surface area (Å²) in [5, 5.41) is 17.8. The molecule has 3 fully saturated rings. The van der Waals surface area contributed by atoms with Crippen LogP contribution in [0.2, 0.25) is 0 Å². The predicted molar refractivity (Wildman–Crippen MR) is 91.8 cm³/mol. The molecule has 1 aliphatic heterocycles. The van der Waals surface area contributed by atoms with Crippen molar-refractivity contribution in [3.63, 3.8) is 0 Å².